The molecule has 3 aromatic rings. The average molecular weight is 299 g/mol. The molecular formula is C15H6FNO3S. The van der Waals surface area contributed by atoms with Crippen LogP contribution in [-0.2, 0) is 0 Å². The van der Waals surface area contributed by atoms with Crippen molar-refractivity contribution >= 4 is 22.9 Å². The van der Waals surface area contributed by atoms with Crippen LogP contribution in [0.15, 0.2) is 41.0 Å². The molecule has 0 saturated carbocycles. The number of aromatic nitrogens is 1. The summed E-state index contributed by atoms with van der Waals surface area (Å²) < 4.78 is 19.1. The molecule has 0 amide bonds. The quantitative estimate of drug-likeness (QED) is 0.541. The Labute approximate surface area is 121 Å². The maximum atomic E-state index is 13.9. The molecule has 1 aliphatic carbocycles. The number of fused-ring (bicyclic) bond motifs is 2. The molecule has 0 atom stereocenters. The summed E-state index contributed by atoms with van der Waals surface area (Å²) in [6, 6.07) is 7.41. The molecular weight excluding hydrogens is 293 g/mol. The average Bonchev–Trinajstić information content (AvgIpc) is 3.13. The third-order valence-electron chi connectivity index (χ3n) is 3.27. The molecule has 0 N–H and O–H groups in total. The predicted octanol–water partition coefficient (Wildman–Crippen LogP) is 3.32. The number of hydrogen-bond acceptors (Lipinski definition) is 5. The topological polar surface area (TPSA) is 60.2 Å². The maximum absolute atomic E-state index is 13.9. The van der Waals surface area contributed by atoms with Crippen LogP contribution in [0, 0.1) is 5.82 Å². The smallest absolute Gasteiger partial charge is 0.216 e. The predicted molar refractivity (Wildman–Crippen MR) is 73.1 cm³/mol. The van der Waals surface area contributed by atoms with Crippen molar-refractivity contribution in [2.75, 3.05) is 0 Å². The van der Waals surface area contributed by atoms with Crippen LogP contribution >= 0.6 is 11.3 Å². The highest BCUT2D eigenvalue weighted by atomic mass is 32.1. The number of ketones is 2. The molecule has 0 spiro atoms. The summed E-state index contributed by atoms with van der Waals surface area (Å²) in [5.74, 6) is -1.18. The lowest BCUT2D eigenvalue weighted by atomic mass is 9.91. The van der Waals surface area contributed by atoms with E-state index in [1.807, 2.05) is 0 Å². The summed E-state index contributed by atoms with van der Waals surface area (Å²) in [5.41, 5.74) is -0.123. The number of thiazole rings is 1. The summed E-state index contributed by atoms with van der Waals surface area (Å²) in [7, 11) is 0. The molecule has 0 radical (unpaired) electrons. The SMILES string of the molecule is O=C1c2cccc(F)c2C(=O)c2nc(-c3ccco3)sc21. The summed E-state index contributed by atoms with van der Waals surface area (Å²) in [6.07, 6.45) is 1.48. The van der Waals surface area contributed by atoms with Gasteiger partial charge in [-0.1, -0.05) is 12.1 Å². The summed E-state index contributed by atoms with van der Waals surface area (Å²) >= 11 is 1.08. The minimum atomic E-state index is -0.705. The van der Waals surface area contributed by atoms with Crippen LogP contribution in [-0.4, -0.2) is 16.6 Å². The van der Waals surface area contributed by atoms with Crippen molar-refractivity contribution in [3.63, 3.8) is 0 Å². The van der Waals surface area contributed by atoms with E-state index in [0.717, 1.165) is 17.4 Å². The van der Waals surface area contributed by atoms with Crippen molar-refractivity contribution in [2.24, 2.45) is 0 Å². The lowest BCUT2D eigenvalue weighted by Gasteiger charge is -2.12. The minimum Gasteiger partial charge on any atom is -0.462 e. The van der Waals surface area contributed by atoms with Gasteiger partial charge in [0.1, 0.15) is 16.4 Å². The van der Waals surface area contributed by atoms with Crippen molar-refractivity contribution < 1.29 is 18.4 Å². The number of halogens is 1. The fourth-order valence-corrected chi connectivity index (χ4v) is 3.30. The van der Waals surface area contributed by atoms with E-state index in [0.29, 0.717) is 10.8 Å². The number of carbonyl (C=O) groups excluding carboxylic acids is 2. The van der Waals surface area contributed by atoms with Crippen LogP contribution in [0.1, 0.15) is 31.3 Å². The third-order valence-corrected chi connectivity index (χ3v) is 4.33. The number of furan rings is 1. The fourth-order valence-electron chi connectivity index (χ4n) is 2.32. The van der Waals surface area contributed by atoms with Gasteiger partial charge >= 0.3 is 0 Å². The van der Waals surface area contributed by atoms with Crippen molar-refractivity contribution in [3.05, 3.63) is 64.1 Å². The van der Waals surface area contributed by atoms with Crippen LogP contribution < -0.4 is 0 Å². The molecule has 1 aromatic carbocycles. The van der Waals surface area contributed by atoms with E-state index in [9.17, 15) is 14.0 Å². The molecule has 0 fully saturated rings. The van der Waals surface area contributed by atoms with E-state index in [4.69, 9.17) is 4.42 Å². The van der Waals surface area contributed by atoms with Crippen LogP contribution in [0.5, 0.6) is 0 Å². The lowest BCUT2D eigenvalue weighted by Crippen LogP contribution is -2.21. The first-order valence-corrected chi connectivity index (χ1v) is 6.91. The van der Waals surface area contributed by atoms with Gasteiger partial charge in [0.2, 0.25) is 11.6 Å². The third kappa shape index (κ3) is 1.62. The Kier molecular flexibility index (Phi) is 2.43. The van der Waals surface area contributed by atoms with Crippen LogP contribution in [0.2, 0.25) is 0 Å². The zero-order valence-corrected chi connectivity index (χ0v) is 11.2. The van der Waals surface area contributed by atoms with Crippen LogP contribution in [0.25, 0.3) is 10.8 Å². The van der Waals surface area contributed by atoms with Crippen LogP contribution in [0.4, 0.5) is 4.39 Å². The van der Waals surface area contributed by atoms with Crippen molar-refractivity contribution in [1.82, 2.24) is 4.98 Å². The Morgan fingerprint density at radius 1 is 1.10 bits per heavy atom. The second-order valence-corrected chi connectivity index (χ2v) is 5.49. The van der Waals surface area contributed by atoms with Gasteiger partial charge in [-0.05, 0) is 18.2 Å². The molecule has 0 aliphatic heterocycles. The Morgan fingerprint density at radius 3 is 2.71 bits per heavy atom. The second kappa shape index (κ2) is 4.20. The lowest BCUT2D eigenvalue weighted by molar-refractivity contribution is 0.0975. The van der Waals surface area contributed by atoms with Crippen molar-refractivity contribution in [1.29, 1.82) is 0 Å². The molecule has 2 heterocycles. The van der Waals surface area contributed by atoms with Gasteiger partial charge in [0.05, 0.1) is 11.8 Å². The van der Waals surface area contributed by atoms with Gasteiger partial charge in [-0.15, -0.1) is 11.3 Å². The molecule has 102 valence electrons. The summed E-state index contributed by atoms with van der Waals surface area (Å²) in [6.45, 7) is 0. The van der Waals surface area contributed by atoms with Gasteiger partial charge in [0, 0.05) is 5.56 Å². The van der Waals surface area contributed by atoms with E-state index in [1.165, 1.54) is 18.4 Å². The van der Waals surface area contributed by atoms with E-state index in [1.54, 1.807) is 12.1 Å². The van der Waals surface area contributed by atoms with Gasteiger partial charge in [0.15, 0.2) is 10.8 Å². The zero-order chi connectivity index (χ0) is 14.6. The van der Waals surface area contributed by atoms with E-state index in [-0.39, 0.29) is 27.5 Å². The second-order valence-electron chi connectivity index (χ2n) is 4.49. The highest BCUT2D eigenvalue weighted by molar-refractivity contribution is 7.17. The van der Waals surface area contributed by atoms with Gasteiger partial charge in [-0.2, -0.15) is 0 Å². The summed E-state index contributed by atoms with van der Waals surface area (Å²) in [4.78, 5) is 29.2. The minimum absolute atomic E-state index is 0.00556. The molecule has 0 saturated heterocycles. The largest absolute Gasteiger partial charge is 0.462 e. The Morgan fingerprint density at radius 2 is 1.95 bits per heavy atom. The highest BCUT2D eigenvalue weighted by Crippen LogP contribution is 2.35. The Hall–Kier alpha value is -2.60. The molecule has 6 heteroatoms. The molecule has 4 rings (SSSR count). The van der Waals surface area contributed by atoms with Crippen LogP contribution in [0.3, 0.4) is 0 Å². The monoisotopic (exact) mass is 299 g/mol. The van der Waals surface area contributed by atoms with E-state index in [2.05, 4.69) is 4.98 Å². The molecule has 4 nitrogen and oxygen atoms in total. The first-order chi connectivity index (χ1) is 10.2. The normalized spacial score (nSPS) is 13.2. The Balaban J connectivity index is 1.96. The van der Waals surface area contributed by atoms with Gasteiger partial charge in [0.25, 0.3) is 0 Å². The number of carbonyl (C=O) groups is 2. The van der Waals surface area contributed by atoms with Gasteiger partial charge in [-0.3, -0.25) is 9.59 Å². The fraction of sp³-hybridized carbons (Fsp3) is 0. The first-order valence-electron chi connectivity index (χ1n) is 6.09. The number of hydrogen-bond donors (Lipinski definition) is 0. The molecule has 0 unspecified atom stereocenters. The van der Waals surface area contributed by atoms with Gasteiger partial charge < -0.3 is 4.42 Å². The van der Waals surface area contributed by atoms with Gasteiger partial charge in [-0.25, -0.2) is 9.37 Å². The van der Waals surface area contributed by atoms with E-state index < -0.39 is 11.6 Å². The number of nitrogens with zero attached hydrogens (tertiary/aromatic N) is 1. The molecule has 0 bridgehead atoms. The number of benzene rings is 1. The highest BCUT2D eigenvalue weighted by Gasteiger charge is 2.35. The molecule has 21 heavy (non-hydrogen) atoms. The number of rotatable bonds is 1. The standard InChI is InChI=1S/C15H6FNO3S/c16-8-4-1-3-7-10(8)13(19)11-14(12(7)18)21-15(17-11)9-5-2-6-20-9/h1-6H. The Bertz CT molecular complexity index is 896. The van der Waals surface area contributed by atoms with Crippen molar-refractivity contribution in [3.8, 4) is 10.8 Å². The van der Waals surface area contributed by atoms with Crippen molar-refractivity contribution in [2.45, 2.75) is 0 Å². The van der Waals surface area contributed by atoms with E-state index >= 15 is 0 Å². The zero-order valence-electron chi connectivity index (χ0n) is 10.4. The summed E-state index contributed by atoms with van der Waals surface area (Å²) in [5, 5.41) is 0.430. The molecule has 1 aliphatic rings. The maximum Gasteiger partial charge on any atom is 0.216 e. The molecule has 2 aromatic heterocycles. The first kappa shape index (κ1) is 12.2.